The van der Waals surface area contributed by atoms with Gasteiger partial charge in [-0.3, -0.25) is 4.79 Å². The lowest BCUT2D eigenvalue weighted by atomic mass is 10.2. The molecule has 0 amide bonds. The molecule has 0 unspecified atom stereocenters. The number of carboxylic acid groups (broad SMARTS) is 2. The molecule has 7 heteroatoms. The van der Waals surface area contributed by atoms with E-state index in [2.05, 4.69) is 4.98 Å². The van der Waals surface area contributed by atoms with Crippen LogP contribution in [0.25, 0.3) is 5.65 Å². The number of carbonyl (C=O) groups is 2. The molecule has 2 heterocycles. The molecule has 0 saturated carbocycles. The fourth-order valence-corrected chi connectivity index (χ4v) is 2.23. The number of imidazole rings is 1. The van der Waals surface area contributed by atoms with E-state index in [0.29, 0.717) is 18.7 Å². The van der Waals surface area contributed by atoms with Crippen LogP contribution in [0.5, 0.6) is 0 Å². The molecular formula is C14H17N3O4. The van der Waals surface area contributed by atoms with Crippen molar-refractivity contribution >= 4 is 23.3 Å². The molecule has 0 radical (unpaired) electrons. The van der Waals surface area contributed by atoms with Gasteiger partial charge in [-0.1, -0.05) is 0 Å². The number of aromatic carboxylic acids is 1. The minimum Gasteiger partial charge on any atom is -0.481 e. The molecule has 0 bridgehead atoms. The molecule has 0 aliphatic heterocycles. The van der Waals surface area contributed by atoms with Gasteiger partial charge >= 0.3 is 11.9 Å². The third-order valence-corrected chi connectivity index (χ3v) is 3.28. The van der Waals surface area contributed by atoms with Gasteiger partial charge < -0.3 is 19.5 Å². The smallest absolute Gasteiger partial charge is 0.356 e. The lowest BCUT2D eigenvalue weighted by Gasteiger charge is -2.22. The first-order valence-corrected chi connectivity index (χ1v) is 6.61. The molecule has 0 atom stereocenters. The van der Waals surface area contributed by atoms with Crippen LogP contribution in [0.3, 0.4) is 0 Å². The van der Waals surface area contributed by atoms with Crippen LogP contribution in [0.1, 0.15) is 29.4 Å². The van der Waals surface area contributed by atoms with Crippen molar-refractivity contribution in [2.75, 3.05) is 18.0 Å². The zero-order valence-electron chi connectivity index (χ0n) is 11.9. The zero-order chi connectivity index (χ0) is 15.6. The van der Waals surface area contributed by atoms with Crippen LogP contribution >= 0.6 is 0 Å². The second kappa shape index (κ2) is 5.82. The maximum atomic E-state index is 11.0. The summed E-state index contributed by atoms with van der Waals surface area (Å²) in [7, 11) is 0. The number of carboxylic acids is 2. The van der Waals surface area contributed by atoms with Gasteiger partial charge in [0.15, 0.2) is 5.69 Å². The largest absolute Gasteiger partial charge is 0.481 e. The molecule has 2 aromatic heterocycles. The highest BCUT2D eigenvalue weighted by molar-refractivity contribution is 5.86. The third-order valence-electron chi connectivity index (χ3n) is 3.28. The first-order valence-electron chi connectivity index (χ1n) is 6.61. The van der Waals surface area contributed by atoms with Crippen molar-refractivity contribution in [2.24, 2.45) is 0 Å². The van der Waals surface area contributed by atoms with E-state index >= 15 is 0 Å². The summed E-state index contributed by atoms with van der Waals surface area (Å²) in [6, 6.07) is 1.89. The van der Waals surface area contributed by atoms with Crippen molar-refractivity contribution in [3.8, 4) is 0 Å². The Balaban J connectivity index is 2.39. The Bertz CT molecular complexity index is 693. The van der Waals surface area contributed by atoms with E-state index in [0.717, 1.165) is 11.3 Å². The summed E-state index contributed by atoms with van der Waals surface area (Å²) in [5, 5.41) is 17.8. The molecule has 21 heavy (non-hydrogen) atoms. The molecule has 0 fully saturated rings. The second-order valence-corrected chi connectivity index (χ2v) is 4.77. The Labute approximate surface area is 121 Å². The lowest BCUT2D eigenvalue weighted by molar-refractivity contribution is -0.136. The molecule has 2 rings (SSSR count). The topological polar surface area (TPSA) is 95.1 Å². The monoisotopic (exact) mass is 291 g/mol. The number of hydrogen-bond donors (Lipinski definition) is 2. The number of pyridine rings is 1. The summed E-state index contributed by atoms with van der Waals surface area (Å²) in [5.41, 5.74) is 2.26. The van der Waals surface area contributed by atoms with Crippen molar-refractivity contribution in [1.29, 1.82) is 0 Å². The van der Waals surface area contributed by atoms with Crippen LogP contribution in [0.4, 0.5) is 5.69 Å². The van der Waals surface area contributed by atoms with Gasteiger partial charge in [-0.2, -0.15) is 0 Å². The van der Waals surface area contributed by atoms with E-state index in [1.54, 1.807) is 10.6 Å². The summed E-state index contributed by atoms with van der Waals surface area (Å²) in [6.07, 6.45) is 3.28. The van der Waals surface area contributed by atoms with Gasteiger partial charge in [0.1, 0.15) is 5.65 Å². The predicted octanol–water partition coefficient (Wildman–Crippen LogP) is 1.64. The fraction of sp³-hybridized carbons (Fsp3) is 0.357. The second-order valence-electron chi connectivity index (χ2n) is 4.77. The highest BCUT2D eigenvalue weighted by Gasteiger charge is 2.13. The molecule has 2 aromatic rings. The zero-order valence-corrected chi connectivity index (χ0v) is 11.9. The Kier molecular flexibility index (Phi) is 4.11. The summed E-state index contributed by atoms with van der Waals surface area (Å²) in [6.45, 7) is 4.86. The average Bonchev–Trinajstić information content (AvgIpc) is 2.84. The molecular weight excluding hydrogens is 274 g/mol. The van der Waals surface area contributed by atoms with Crippen LogP contribution in [-0.2, 0) is 4.79 Å². The summed E-state index contributed by atoms with van der Waals surface area (Å²) >= 11 is 0. The Morgan fingerprint density at radius 2 is 2.05 bits per heavy atom. The van der Waals surface area contributed by atoms with E-state index in [9.17, 15) is 9.59 Å². The number of aliphatic carboxylic acids is 1. The molecule has 0 aromatic carbocycles. The van der Waals surface area contributed by atoms with Crippen molar-refractivity contribution in [2.45, 2.75) is 20.3 Å². The minimum atomic E-state index is -1.07. The minimum absolute atomic E-state index is 0.0103. The van der Waals surface area contributed by atoms with Gasteiger partial charge in [-0.25, -0.2) is 9.78 Å². The third kappa shape index (κ3) is 3.13. The lowest BCUT2D eigenvalue weighted by Crippen LogP contribution is -2.26. The van der Waals surface area contributed by atoms with E-state index in [4.69, 9.17) is 10.2 Å². The quantitative estimate of drug-likeness (QED) is 0.840. The number of anilines is 1. The highest BCUT2D eigenvalue weighted by atomic mass is 16.4. The number of rotatable bonds is 6. The van der Waals surface area contributed by atoms with Crippen molar-refractivity contribution in [3.63, 3.8) is 0 Å². The number of fused-ring (bicyclic) bond motifs is 1. The summed E-state index contributed by atoms with van der Waals surface area (Å²) in [4.78, 5) is 27.7. The van der Waals surface area contributed by atoms with Gasteiger partial charge in [0, 0.05) is 25.5 Å². The van der Waals surface area contributed by atoms with Crippen LogP contribution in [0.15, 0.2) is 18.5 Å². The van der Waals surface area contributed by atoms with E-state index in [1.807, 2.05) is 24.8 Å². The van der Waals surface area contributed by atoms with Crippen LogP contribution in [0, 0.1) is 6.92 Å². The molecule has 0 aliphatic rings. The number of nitrogens with zero attached hydrogens (tertiary/aromatic N) is 3. The summed E-state index contributed by atoms with van der Waals surface area (Å²) < 4.78 is 1.66. The highest BCUT2D eigenvalue weighted by Crippen LogP contribution is 2.20. The molecule has 0 spiro atoms. The van der Waals surface area contributed by atoms with Gasteiger partial charge in [-0.15, -0.1) is 0 Å². The predicted molar refractivity (Wildman–Crippen MR) is 77.0 cm³/mol. The number of aromatic nitrogens is 2. The Hall–Kier alpha value is -2.57. The fourth-order valence-electron chi connectivity index (χ4n) is 2.23. The van der Waals surface area contributed by atoms with E-state index < -0.39 is 11.9 Å². The number of hydrogen-bond acceptors (Lipinski definition) is 4. The van der Waals surface area contributed by atoms with Crippen LogP contribution < -0.4 is 4.90 Å². The van der Waals surface area contributed by atoms with Gasteiger partial charge in [0.05, 0.1) is 12.1 Å². The van der Waals surface area contributed by atoms with Gasteiger partial charge in [-0.05, 0) is 25.5 Å². The Morgan fingerprint density at radius 3 is 2.62 bits per heavy atom. The Morgan fingerprint density at radius 1 is 1.33 bits per heavy atom. The van der Waals surface area contributed by atoms with Crippen molar-refractivity contribution < 1.29 is 19.8 Å². The van der Waals surface area contributed by atoms with E-state index in [-0.39, 0.29) is 12.1 Å². The molecule has 7 nitrogen and oxygen atoms in total. The standard InChI is InChI=1S/C14H17N3O4/c1-3-16(5-4-12(18)19)10-6-9(2)13-15-11(14(20)21)8-17(13)7-10/h6-8H,3-5H2,1-2H3,(H,18,19)(H,20,21). The molecule has 0 saturated heterocycles. The van der Waals surface area contributed by atoms with E-state index in [1.165, 1.54) is 6.20 Å². The first-order chi connectivity index (χ1) is 9.92. The van der Waals surface area contributed by atoms with Gasteiger partial charge in [0.2, 0.25) is 0 Å². The maximum Gasteiger partial charge on any atom is 0.356 e. The molecule has 0 aliphatic carbocycles. The van der Waals surface area contributed by atoms with Crippen LogP contribution in [-0.4, -0.2) is 44.6 Å². The van der Waals surface area contributed by atoms with Crippen molar-refractivity contribution in [3.05, 3.63) is 29.7 Å². The van der Waals surface area contributed by atoms with Crippen LogP contribution in [0.2, 0.25) is 0 Å². The number of aryl methyl sites for hydroxylation is 1. The molecule has 112 valence electrons. The average molecular weight is 291 g/mol. The van der Waals surface area contributed by atoms with Gasteiger partial charge in [0.25, 0.3) is 0 Å². The summed E-state index contributed by atoms with van der Waals surface area (Å²) in [5.74, 6) is -1.92. The molecule has 2 N–H and O–H groups in total. The first kappa shape index (κ1) is 14.8. The van der Waals surface area contributed by atoms with Crippen molar-refractivity contribution in [1.82, 2.24) is 9.38 Å². The maximum absolute atomic E-state index is 11.0. The SMILES string of the molecule is CCN(CCC(=O)O)c1cc(C)c2nc(C(=O)O)cn2c1. The normalized spacial score (nSPS) is 10.8.